The molecule has 4 fully saturated rings. The predicted octanol–water partition coefficient (Wildman–Crippen LogP) is 6.65. The normalized spacial score (nSPS) is 27.9. The van der Waals surface area contributed by atoms with Crippen molar-refractivity contribution >= 4 is 27.5 Å². The summed E-state index contributed by atoms with van der Waals surface area (Å²) in [6, 6.07) is 5.81. The maximum Gasteiger partial charge on any atom is 0.319 e. The highest BCUT2D eigenvalue weighted by Gasteiger charge is 2.59. The summed E-state index contributed by atoms with van der Waals surface area (Å²) in [6.45, 7) is 5.78. The average molecular weight is 710 g/mol. The average Bonchev–Trinajstić information content (AvgIpc) is 3.53. The van der Waals surface area contributed by atoms with E-state index in [1.54, 1.807) is 13.0 Å². The molecule has 2 saturated heterocycles. The number of pyridine rings is 1. The van der Waals surface area contributed by atoms with Crippen molar-refractivity contribution in [1.82, 2.24) is 19.9 Å². The van der Waals surface area contributed by atoms with E-state index in [2.05, 4.69) is 14.9 Å². The van der Waals surface area contributed by atoms with Crippen molar-refractivity contribution in [2.45, 2.75) is 76.4 Å². The largest absolute Gasteiger partial charge is 0.508 e. The van der Waals surface area contributed by atoms with E-state index in [4.69, 9.17) is 14.5 Å². The first kappa shape index (κ1) is 34.3. The van der Waals surface area contributed by atoms with E-state index in [0.29, 0.717) is 53.7 Å². The highest BCUT2D eigenvalue weighted by Crippen LogP contribution is 2.53. The second-order valence-electron chi connectivity index (χ2n) is 15.3. The van der Waals surface area contributed by atoms with Gasteiger partial charge in [-0.25, -0.2) is 17.6 Å². The van der Waals surface area contributed by atoms with Crippen molar-refractivity contribution in [2.75, 3.05) is 50.9 Å². The Balaban J connectivity index is 1.21. The molecule has 2 N–H and O–H groups in total. The highest BCUT2D eigenvalue weighted by molar-refractivity contribution is 6.01. The molecule has 0 spiro atoms. The monoisotopic (exact) mass is 709 g/mol. The number of aromatic hydroxyl groups is 1. The fourth-order valence-corrected chi connectivity index (χ4v) is 8.92. The molecule has 2 aliphatic carbocycles. The lowest BCUT2D eigenvalue weighted by Crippen LogP contribution is -2.52. The van der Waals surface area contributed by atoms with Crippen LogP contribution in [0.1, 0.15) is 57.9 Å². The molecule has 0 bridgehead atoms. The molecule has 2 saturated carbocycles. The molecule has 1 unspecified atom stereocenters. The number of rotatable bonds is 8. The maximum absolute atomic E-state index is 17.0. The Bertz CT molecular complexity index is 2000. The molecule has 0 amide bonds. The van der Waals surface area contributed by atoms with Gasteiger partial charge in [0.1, 0.15) is 34.2 Å². The van der Waals surface area contributed by atoms with Gasteiger partial charge in [0.05, 0.1) is 31.8 Å². The fraction of sp³-hybridized carbons (Fsp3) is 0.553. The summed E-state index contributed by atoms with van der Waals surface area (Å²) in [4.78, 5) is 18.0. The van der Waals surface area contributed by atoms with Gasteiger partial charge >= 0.3 is 6.01 Å². The van der Waals surface area contributed by atoms with Gasteiger partial charge in [0.15, 0.2) is 5.82 Å². The summed E-state index contributed by atoms with van der Waals surface area (Å²) in [7, 11) is 0. The number of aromatic nitrogens is 3. The topological polar surface area (TPSA) is 104 Å². The number of phenols is 1. The molecule has 51 heavy (non-hydrogen) atoms. The molecule has 13 heteroatoms. The van der Waals surface area contributed by atoms with E-state index in [0.717, 1.165) is 38.6 Å². The van der Waals surface area contributed by atoms with Crippen LogP contribution in [0, 0.1) is 23.0 Å². The SMILES string of the molecule is CCc1c(F)ccc2cc(O)cc(-c3ncc4c(N5CCOC[C@@](C)(O)C5)nc(OC[C@]56CCC[C@H]5N(CC5CC5(F)F)CCC6)nc4c3F)c12. The molecule has 272 valence electrons. The molecule has 4 heterocycles. The minimum Gasteiger partial charge on any atom is -0.508 e. The summed E-state index contributed by atoms with van der Waals surface area (Å²) >= 11 is 0. The van der Waals surface area contributed by atoms with Gasteiger partial charge < -0.3 is 24.6 Å². The standard InChI is InChI=1S/C38H43F4N5O4/c1-3-25-28(39)8-7-22-14-24(48)15-26(30(22)25)32-31(40)33-27(17-43-32)34(47-12-13-50-20-36(2,49)19-47)45-35(44-33)51-21-37-9-4-6-29(37)46(11-5-10-37)18-23-16-38(23,41)42/h7-8,14-15,17,23,29,48-49H,3-6,9-13,16,18-21H2,1-2H3/t23?,29-,36+,37-/m1/s1. The number of β-amino-alcohol motifs (C(OH)–C–C–N with tert-alkyl or cyclic N) is 1. The number of ether oxygens (including phenoxy) is 2. The molecule has 4 atom stereocenters. The number of alkyl halides is 2. The van der Waals surface area contributed by atoms with Crippen LogP contribution in [0.5, 0.6) is 11.8 Å². The number of nitrogens with zero attached hydrogens (tertiary/aromatic N) is 5. The minimum atomic E-state index is -2.58. The Morgan fingerprint density at radius 2 is 1.90 bits per heavy atom. The fourth-order valence-electron chi connectivity index (χ4n) is 8.92. The van der Waals surface area contributed by atoms with E-state index in [1.807, 2.05) is 11.8 Å². The number of aliphatic hydroxyl groups is 1. The maximum atomic E-state index is 17.0. The summed E-state index contributed by atoms with van der Waals surface area (Å²) in [5, 5.41) is 23.0. The van der Waals surface area contributed by atoms with Crippen LogP contribution in [-0.4, -0.2) is 93.6 Å². The van der Waals surface area contributed by atoms with Crippen molar-refractivity contribution in [3.63, 3.8) is 0 Å². The van der Waals surface area contributed by atoms with Crippen molar-refractivity contribution in [2.24, 2.45) is 11.3 Å². The van der Waals surface area contributed by atoms with Gasteiger partial charge in [0, 0.05) is 48.6 Å². The van der Waals surface area contributed by atoms with Gasteiger partial charge in [-0.1, -0.05) is 19.4 Å². The quantitative estimate of drug-likeness (QED) is 0.195. The van der Waals surface area contributed by atoms with Gasteiger partial charge in [-0.15, -0.1) is 0 Å². The first-order valence-corrected chi connectivity index (χ1v) is 18.0. The second-order valence-corrected chi connectivity index (χ2v) is 15.3. The molecule has 9 nitrogen and oxygen atoms in total. The molecule has 2 aliphatic heterocycles. The number of hydrogen-bond donors (Lipinski definition) is 2. The Morgan fingerprint density at radius 3 is 2.69 bits per heavy atom. The zero-order chi connectivity index (χ0) is 35.7. The van der Waals surface area contributed by atoms with Gasteiger partial charge in [0.2, 0.25) is 0 Å². The number of phenolic OH excluding ortho intramolecular Hbond substituents is 1. The number of benzene rings is 2. The van der Waals surface area contributed by atoms with Crippen molar-refractivity contribution < 1.29 is 37.2 Å². The molecule has 0 radical (unpaired) electrons. The Labute approximate surface area is 293 Å². The van der Waals surface area contributed by atoms with Crippen molar-refractivity contribution in [3.05, 3.63) is 47.7 Å². The Hall–Kier alpha value is -3.81. The van der Waals surface area contributed by atoms with Crippen LogP contribution in [0.3, 0.4) is 0 Å². The van der Waals surface area contributed by atoms with E-state index >= 15 is 8.78 Å². The summed E-state index contributed by atoms with van der Waals surface area (Å²) in [5.74, 6) is -4.21. The number of aryl methyl sites for hydroxylation is 1. The lowest BCUT2D eigenvalue weighted by molar-refractivity contribution is -0.0124. The molecule has 2 aromatic carbocycles. The van der Waals surface area contributed by atoms with Crippen LogP contribution < -0.4 is 9.64 Å². The lowest BCUT2D eigenvalue weighted by atomic mass is 9.75. The van der Waals surface area contributed by atoms with Crippen LogP contribution in [-0.2, 0) is 11.2 Å². The van der Waals surface area contributed by atoms with Crippen LogP contribution in [0.15, 0.2) is 30.5 Å². The second kappa shape index (κ2) is 12.7. The number of halogens is 4. The molecule has 8 rings (SSSR count). The smallest absolute Gasteiger partial charge is 0.319 e. The van der Waals surface area contributed by atoms with Crippen LogP contribution >= 0.6 is 0 Å². The number of fused-ring (bicyclic) bond motifs is 3. The van der Waals surface area contributed by atoms with E-state index in [9.17, 15) is 19.0 Å². The van der Waals surface area contributed by atoms with E-state index in [1.165, 1.54) is 24.4 Å². The lowest BCUT2D eigenvalue weighted by Gasteiger charge is -2.46. The van der Waals surface area contributed by atoms with Crippen LogP contribution in [0.4, 0.5) is 23.4 Å². The molecular weight excluding hydrogens is 666 g/mol. The first-order chi connectivity index (χ1) is 24.4. The predicted molar refractivity (Wildman–Crippen MR) is 184 cm³/mol. The van der Waals surface area contributed by atoms with Crippen molar-refractivity contribution in [3.8, 4) is 23.0 Å². The zero-order valence-corrected chi connectivity index (χ0v) is 28.9. The highest BCUT2D eigenvalue weighted by atomic mass is 19.3. The zero-order valence-electron chi connectivity index (χ0n) is 28.9. The third kappa shape index (κ3) is 6.24. The number of hydrogen-bond acceptors (Lipinski definition) is 9. The molecule has 4 aliphatic rings. The molecule has 2 aromatic heterocycles. The minimum absolute atomic E-state index is 0.0507. The Kier molecular flexibility index (Phi) is 8.54. The summed E-state index contributed by atoms with van der Waals surface area (Å²) < 4.78 is 72.0. The van der Waals surface area contributed by atoms with Gasteiger partial charge in [-0.05, 0) is 80.1 Å². The summed E-state index contributed by atoms with van der Waals surface area (Å²) in [5.41, 5.74) is -1.07. The van der Waals surface area contributed by atoms with Crippen LogP contribution in [0.25, 0.3) is 32.9 Å². The number of likely N-dealkylation sites (tertiary alicyclic amines) is 1. The summed E-state index contributed by atoms with van der Waals surface area (Å²) in [6.07, 6.45) is 6.23. The number of piperidine rings is 1. The Morgan fingerprint density at radius 1 is 1.10 bits per heavy atom. The van der Waals surface area contributed by atoms with Gasteiger partial charge in [-0.2, -0.15) is 9.97 Å². The van der Waals surface area contributed by atoms with Gasteiger partial charge in [0.25, 0.3) is 5.92 Å². The third-order valence-corrected chi connectivity index (χ3v) is 11.5. The number of anilines is 1. The third-order valence-electron chi connectivity index (χ3n) is 11.5. The van der Waals surface area contributed by atoms with E-state index < -0.39 is 29.1 Å². The first-order valence-electron chi connectivity index (χ1n) is 18.0. The van der Waals surface area contributed by atoms with Crippen LogP contribution in [0.2, 0.25) is 0 Å². The van der Waals surface area contributed by atoms with Gasteiger partial charge in [-0.3, -0.25) is 9.88 Å². The molecule has 4 aromatic rings. The van der Waals surface area contributed by atoms with E-state index in [-0.39, 0.29) is 66.2 Å². The van der Waals surface area contributed by atoms with Crippen molar-refractivity contribution in [1.29, 1.82) is 0 Å². The molecular formula is C38H43F4N5O4.